The summed E-state index contributed by atoms with van der Waals surface area (Å²) in [5, 5.41) is 12.6. The Hall–Kier alpha value is -1.37. The number of likely N-dealkylation sites (tertiary alicyclic amines) is 1. The van der Waals surface area contributed by atoms with Crippen molar-refractivity contribution in [1.29, 1.82) is 5.26 Å². The minimum Gasteiger partial charge on any atom is -0.309 e. The number of hydrogen-bond acceptors (Lipinski definition) is 3. The van der Waals surface area contributed by atoms with Crippen LogP contribution >= 0.6 is 0 Å². The predicted octanol–water partition coefficient (Wildman–Crippen LogP) is 2.52. The molecular formula is C16H23N3. The number of rotatable bonds is 5. The second-order valence-corrected chi connectivity index (χ2v) is 5.41. The van der Waals surface area contributed by atoms with Gasteiger partial charge in [-0.3, -0.25) is 0 Å². The average Bonchev–Trinajstić information content (AvgIpc) is 2.46. The Morgan fingerprint density at radius 3 is 2.74 bits per heavy atom. The van der Waals surface area contributed by atoms with Crippen molar-refractivity contribution in [2.45, 2.75) is 38.8 Å². The SMILES string of the molecule is CC(CN1CCCCC1)NCc1ccccc1C#N. The lowest BCUT2D eigenvalue weighted by Gasteiger charge is -2.29. The van der Waals surface area contributed by atoms with Gasteiger partial charge in [0.15, 0.2) is 0 Å². The van der Waals surface area contributed by atoms with Gasteiger partial charge in [-0.2, -0.15) is 5.26 Å². The molecule has 1 aliphatic heterocycles. The fourth-order valence-corrected chi connectivity index (χ4v) is 2.66. The van der Waals surface area contributed by atoms with Gasteiger partial charge < -0.3 is 10.2 Å². The quantitative estimate of drug-likeness (QED) is 0.881. The first kappa shape index (κ1) is 14.0. The smallest absolute Gasteiger partial charge is 0.0995 e. The van der Waals surface area contributed by atoms with Crippen LogP contribution in [-0.4, -0.2) is 30.6 Å². The van der Waals surface area contributed by atoms with E-state index < -0.39 is 0 Å². The van der Waals surface area contributed by atoms with Gasteiger partial charge in [-0.25, -0.2) is 0 Å². The van der Waals surface area contributed by atoms with Gasteiger partial charge >= 0.3 is 0 Å². The lowest BCUT2D eigenvalue weighted by molar-refractivity contribution is 0.209. The highest BCUT2D eigenvalue weighted by Gasteiger charge is 2.13. The highest BCUT2D eigenvalue weighted by Crippen LogP contribution is 2.10. The fraction of sp³-hybridized carbons (Fsp3) is 0.562. The van der Waals surface area contributed by atoms with Crippen LogP contribution in [0.1, 0.15) is 37.3 Å². The zero-order valence-corrected chi connectivity index (χ0v) is 11.7. The molecule has 2 rings (SSSR count). The van der Waals surface area contributed by atoms with Crippen LogP contribution in [0.2, 0.25) is 0 Å². The van der Waals surface area contributed by atoms with E-state index in [1.54, 1.807) is 0 Å². The normalized spacial score (nSPS) is 17.9. The summed E-state index contributed by atoms with van der Waals surface area (Å²) in [5.41, 5.74) is 1.87. The lowest BCUT2D eigenvalue weighted by Crippen LogP contribution is -2.41. The van der Waals surface area contributed by atoms with Crippen molar-refractivity contribution in [3.63, 3.8) is 0 Å². The molecule has 19 heavy (non-hydrogen) atoms. The van der Waals surface area contributed by atoms with E-state index in [2.05, 4.69) is 23.2 Å². The molecule has 1 heterocycles. The molecule has 0 amide bonds. The van der Waals surface area contributed by atoms with Crippen molar-refractivity contribution in [1.82, 2.24) is 10.2 Å². The van der Waals surface area contributed by atoms with Crippen LogP contribution in [0, 0.1) is 11.3 Å². The van der Waals surface area contributed by atoms with E-state index in [1.807, 2.05) is 24.3 Å². The molecule has 102 valence electrons. The van der Waals surface area contributed by atoms with Crippen LogP contribution in [-0.2, 0) is 6.54 Å². The van der Waals surface area contributed by atoms with E-state index in [0.29, 0.717) is 6.04 Å². The molecular weight excluding hydrogens is 234 g/mol. The fourth-order valence-electron chi connectivity index (χ4n) is 2.66. The van der Waals surface area contributed by atoms with E-state index >= 15 is 0 Å². The second-order valence-electron chi connectivity index (χ2n) is 5.41. The molecule has 1 N–H and O–H groups in total. The maximum atomic E-state index is 9.06. The number of benzene rings is 1. The first-order chi connectivity index (χ1) is 9.29. The Bertz CT molecular complexity index is 430. The van der Waals surface area contributed by atoms with Crippen molar-refractivity contribution < 1.29 is 0 Å². The van der Waals surface area contributed by atoms with Gasteiger partial charge in [0.2, 0.25) is 0 Å². The van der Waals surface area contributed by atoms with E-state index in [4.69, 9.17) is 5.26 Å². The third kappa shape index (κ3) is 4.34. The zero-order chi connectivity index (χ0) is 13.5. The number of piperidine rings is 1. The van der Waals surface area contributed by atoms with Gasteiger partial charge in [-0.1, -0.05) is 24.6 Å². The maximum absolute atomic E-state index is 9.06. The molecule has 1 unspecified atom stereocenters. The molecule has 1 aliphatic rings. The Labute approximate surface area is 116 Å². The molecule has 3 heteroatoms. The van der Waals surface area contributed by atoms with Gasteiger partial charge in [0.25, 0.3) is 0 Å². The molecule has 0 saturated carbocycles. The van der Waals surface area contributed by atoms with Crippen LogP contribution in [0.5, 0.6) is 0 Å². The van der Waals surface area contributed by atoms with Crippen LogP contribution in [0.15, 0.2) is 24.3 Å². The van der Waals surface area contributed by atoms with Crippen molar-refractivity contribution in [2.75, 3.05) is 19.6 Å². The third-order valence-electron chi connectivity index (χ3n) is 3.76. The number of nitrogens with zero attached hydrogens (tertiary/aromatic N) is 2. The third-order valence-corrected chi connectivity index (χ3v) is 3.76. The molecule has 0 aliphatic carbocycles. The average molecular weight is 257 g/mol. The van der Waals surface area contributed by atoms with E-state index in [9.17, 15) is 0 Å². The molecule has 3 nitrogen and oxygen atoms in total. The Morgan fingerprint density at radius 1 is 1.26 bits per heavy atom. The maximum Gasteiger partial charge on any atom is 0.0995 e. The largest absolute Gasteiger partial charge is 0.309 e. The molecule has 1 atom stereocenters. The van der Waals surface area contributed by atoms with E-state index in [-0.39, 0.29) is 0 Å². The first-order valence-corrected chi connectivity index (χ1v) is 7.23. The number of nitriles is 1. The van der Waals surface area contributed by atoms with Crippen LogP contribution < -0.4 is 5.32 Å². The van der Waals surface area contributed by atoms with Crippen LogP contribution in [0.25, 0.3) is 0 Å². The van der Waals surface area contributed by atoms with Crippen molar-refractivity contribution >= 4 is 0 Å². The molecule has 0 spiro atoms. The number of nitrogens with one attached hydrogen (secondary N) is 1. The summed E-state index contributed by atoms with van der Waals surface area (Å²) in [6, 6.07) is 10.5. The Morgan fingerprint density at radius 2 is 2.00 bits per heavy atom. The molecule has 1 aromatic rings. The standard InChI is InChI=1S/C16H23N3/c1-14(13-19-9-5-2-6-10-19)18-12-16-8-4-3-7-15(16)11-17/h3-4,7-8,14,18H,2,5-6,9-10,12-13H2,1H3. The highest BCUT2D eigenvalue weighted by atomic mass is 15.1. The molecule has 1 saturated heterocycles. The van der Waals surface area contributed by atoms with E-state index in [1.165, 1.54) is 32.4 Å². The summed E-state index contributed by atoms with van der Waals surface area (Å²) >= 11 is 0. The molecule has 1 aromatic carbocycles. The van der Waals surface area contributed by atoms with Crippen LogP contribution in [0.4, 0.5) is 0 Å². The summed E-state index contributed by atoms with van der Waals surface area (Å²) in [4.78, 5) is 2.54. The summed E-state index contributed by atoms with van der Waals surface area (Å²) in [7, 11) is 0. The van der Waals surface area contributed by atoms with Gasteiger partial charge in [0.1, 0.15) is 0 Å². The lowest BCUT2D eigenvalue weighted by atomic mass is 10.1. The summed E-state index contributed by atoms with van der Waals surface area (Å²) in [5.74, 6) is 0. The Balaban J connectivity index is 1.79. The van der Waals surface area contributed by atoms with Crippen molar-refractivity contribution in [3.8, 4) is 6.07 Å². The summed E-state index contributed by atoms with van der Waals surface area (Å²) in [6.07, 6.45) is 4.06. The van der Waals surface area contributed by atoms with Gasteiger partial charge in [-0.05, 0) is 44.5 Å². The van der Waals surface area contributed by atoms with E-state index in [0.717, 1.165) is 24.2 Å². The van der Waals surface area contributed by atoms with Gasteiger partial charge in [0, 0.05) is 19.1 Å². The van der Waals surface area contributed by atoms with Crippen LogP contribution in [0.3, 0.4) is 0 Å². The monoisotopic (exact) mass is 257 g/mol. The molecule has 0 radical (unpaired) electrons. The summed E-state index contributed by atoms with van der Waals surface area (Å²) < 4.78 is 0. The minimum absolute atomic E-state index is 0.463. The van der Waals surface area contributed by atoms with Gasteiger partial charge in [-0.15, -0.1) is 0 Å². The first-order valence-electron chi connectivity index (χ1n) is 7.23. The second kappa shape index (κ2) is 7.28. The summed E-state index contributed by atoms with van der Waals surface area (Å²) in [6.45, 7) is 6.58. The topological polar surface area (TPSA) is 39.1 Å². The predicted molar refractivity (Wildman–Crippen MR) is 77.7 cm³/mol. The zero-order valence-electron chi connectivity index (χ0n) is 11.7. The number of hydrogen-bond donors (Lipinski definition) is 1. The van der Waals surface area contributed by atoms with Crippen molar-refractivity contribution in [2.24, 2.45) is 0 Å². The highest BCUT2D eigenvalue weighted by molar-refractivity contribution is 5.37. The molecule has 1 fully saturated rings. The Kier molecular flexibility index (Phi) is 5.38. The molecule has 0 bridgehead atoms. The van der Waals surface area contributed by atoms with Gasteiger partial charge in [0.05, 0.1) is 11.6 Å². The van der Waals surface area contributed by atoms with Crippen molar-refractivity contribution in [3.05, 3.63) is 35.4 Å². The molecule has 0 aromatic heterocycles. The minimum atomic E-state index is 0.463.